The highest BCUT2D eigenvalue weighted by atomic mass is 32.1. The van der Waals surface area contributed by atoms with Crippen LogP contribution in [-0.4, -0.2) is 48.8 Å². The Kier molecular flexibility index (Phi) is 3.84. The lowest BCUT2D eigenvalue weighted by Gasteiger charge is -2.34. The molecule has 1 fully saturated rings. The molecule has 0 spiro atoms. The maximum Gasteiger partial charge on any atom is 0.231 e. The van der Waals surface area contributed by atoms with Gasteiger partial charge in [0, 0.05) is 31.4 Å². The molecule has 1 aliphatic heterocycles. The summed E-state index contributed by atoms with van der Waals surface area (Å²) in [5.41, 5.74) is 5.11. The number of nitrogens with zero attached hydrogens (tertiary/aromatic N) is 1. The fourth-order valence-electron chi connectivity index (χ4n) is 1.39. The van der Waals surface area contributed by atoms with Crippen molar-refractivity contribution in [1.29, 1.82) is 0 Å². The largest absolute Gasteiger partial charge is 0.369 e. The average molecular weight is 189 g/mol. The van der Waals surface area contributed by atoms with E-state index in [1.54, 1.807) is 0 Å². The van der Waals surface area contributed by atoms with E-state index in [1.165, 1.54) is 0 Å². The summed E-state index contributed by atoms with van der Waals surface area (Å²) in [6.07, 6.45) is 0. The number of thiol groups is 1. The van der Waals surface area contributed by atoms with Crippen LogP contribution in [0, 0.1) is 0 Å². The van der Waals surface area contributed by atoms with Crippen molar-refractivity contribution in [3.8, 4) is 0 Å². The summed E-state index contributed by atoms with van der Waals surface area (Å²) in [4.78, 5) is 12.7. The quantitative estimate of drug-likeness (QED) is 0.482. The second-order valence-electron chi connectivity index (χ2n) is 2.98. The summed E-state index contributed by atoms with van der Waals surface area (Å²) in [6.45, 7) is 3.06. The van der Waals surface area contributed by atoms with E-state index >= 15 is 0 Å². The van der Waals surface area contributed by atoms with E-state index in [2.05, 4.69) is 22.8 Å². The van der Waals surface area contributed by atoms with E-state index in [1.807, 2.05) is 0 Å². The molecule has 70 valence electrons. The van der Waals surface area contributed by atoms with Crippen LogP contribution >= 0.6 is 12.6 Å². The van der Waals surface area contributed by atoms with Crippen LogP contribution < -0.4 is 11.1 Å². The van der Waals surface area contributed by atoms with Gasteiger partial charge in [0.05, 0.1) is 6.54 Å². The highest BCUT2D eigenvalue weighted by Gasteiger charge is 2.21. The Morgan fingerprint density at radius 2 is 2.50 bits per heavy atom. The van der Waals surface area contributed by atoms with Crippen LogP contribution in [0.5, 0.6) is 0 Å². The predicted octanol–water partition coefficient (Wildman–Crippen LogP) is -1.32. The van der Waals surface area contributed by atoms with Crippen LogP contribution in [0.15, 0.2) is 0 Å². The Morgan fingerprint density at radius 3 is 3.08 bits per heavy atom. The Bertz CT molecular complexity index is 165. The zero-order valence-electron chi connectivity index (χ0n) is 6.99. The third-order valence-corrected chi connectivity index (χ3v) is 2.46. The van der Waals surface area contributed by atoms with Gasteiger partial charge in [0.15, 0.2) is 0 Å². The Hall–Kier alpha value is -0.260. The van der Waals surface area contributed by atoms with Crippen molar-refractivity contribution in [1.82, 2.24) is 10.2 Å². The number of piperazine rings is 1. The fourth-order valence-corrected chi connectivity index (χ4v) is 1.75. The maximum absolute atomic E-state index is 10.7. The van der Waals surface area contributed by atoms with Gasteiger partial charge in [-0.1, -0.05) is 0 Å². The summed E-state index contributed by atoms with van der Waals surface area (Å²) in [6, 6.07) is 0.342. The minimum atomic E-state index is -0.260. The third-order valence-electron chi connectivity index (χ3n) is 2.04. The molecule has 1 amide bonds. The molecule has 1 unspecified atom stereocenters. The number of rotatable bonds is 3. The normalized spacial score (nSPS) is 25.6. The lowest BCUT2D eigenvalue weighted by Crippen LogP contribution is -2.54. The first-order chi connectivity index (χ1) is 5.74. The second kappa shape index (κ2) is 4.69. The zero-order chi connectivity index (χ0) is 8.97. The molecule has 4 nitrogen and oxygen atoms in total. The lowest BCUT2D eigenvalue weighted by atomic mass is 10.2. The molecule has 0 radical (unpaired) electrons. The van der Waals surface area contributed by atoms with E-state index in [-0.39, 0.29) is 5.91 Å². The minimum absolute atomic E-state index is 0.260. The van der Waals surface area contributed by atoms with Gasteiger partial charge >= 0.3 is 0 Å². The van der Waals surface area contributed by atoms with Gasteiger partial charge in [0.25, 0.3) is 0 Å². The highest BCUT2D eigenvalue weighted by molar-refractivity contribution is 7.80. The molecule has 0 aliphatic carbocycles. The summed E-state index contributed by atoms with van der Waals surface area (Å²) < 4.78 is 0. The number of carbonyl (C=O) groups is 1. The standard InChI is InChI=1S/C7H15N3OS/c8-7(11)4-10-2-1-9-3-6(10)5-12/h6,9,12H,1-5H2,(H2,8,11). The van der Waals surface area contributed by atoms with Crippen LogP contribution in [0.25, 0.3) is 0 Å². The van der Waals surface area contributed by atoms with Crippen molar-refractivity contribution in [2.75, 3.05) is 31.9 Å². The molecule has 1 rings (SSSR count). The van der Waals surface area contributed by atoms with Gasteiger partial charge in [-0.05, 0) is 0 Å². The van der Waals surface area contributed by atoms with Crippen molar-refractivity contribution in [2.45, 2.75) is 6.04 Å². The second-order valence-corrected chi connectivity index (χ2v) is 3.34. The van der Waals surface area contributed by atoms with Gasteiger partial charge in [0.2, 0.25) is 5.91 Å². The van der Waals surface area contributed by atoms with Crippen LogP contribution in [0.2, 0.25) is 0 Å². The van der Waals surface area contributed by atoms with Crippen molar-refractivity contribution in [3.63, 3.8) is 0 Å². The van der Waals surface area contributed by atoms with Crippen LogP contribution in [0.4, 0.5) is 0 Å². The van der Waals surface area contributed by atoms with E-state index in [0.29, 0.717) is 12.6 Å². The molecule has 0 aromatic rings. The van der Waals surface area contributed by atoms with Gasteiger partial charge in [-0.2, -0.15) is 12.6 Å². The van der Waals surface area contributed by atoms with E-state index in [4.69, 9.17) is 5.73 Å². The molecule has 1 atom stereocenters. The fraction of sp³-hybridized carbons (Fsp3) is 0.857. The summed E-state index contributed by atoms with van der Waals surface area (Å²) in [7, 11) is 0. The number of hydrogen-bond donors (Lipinski definition) is 3. The molecule has 0 bridgehead atoms. The van der Waals surface area contributed by atoms with Crippen LogP contribution in [0.3, 0.4) is 0 Å². The monoisotopic (exact) mass is 189 g/mol. The maximum atomic E-state index is 10.7. The van der Waals surface area contributed by atoms with Crippen LogP contribution in [0.1, 0.15) is 0 Å². The van der Waals surface area contributed by atoms with Crippen LogP contribution in [-0.2, 0) is 4.79 Å². The molecule has 0 aromatic carbocycles. The predicted molar refractivity (Wildman–Crippen MR) is 51.3 cm³/mol. The summed E-state index contributed by atoms with van der Waals surface area (Å²) in [5.74, 6) is 0.504. The van der Waals surface area contributed by atoms with Gasteiger partial charge in [-0.25, -0.2) is 0 Å². The Balaban J connectivity index is 2.41. The lowest BCUT2D eigenvalue weighted by molar-refractivity contribution is -0.119. The average Bonchev–Trinajstić information content (AvgIpc) is 2.04. The van der Waals surface area contributed by atoms with Gasteiger partial charge in [-0.3, -0.25) is 9.69 Å². The van der Waals surface area contributed by atoms with Crippen molar-refractivity contribution < 1.29 is 4.79 Å². The molecule has 12 heavy (non-hydrogen) atoms. The molecular formula is C7H15N3OS. The summed E-state index contributed by atoms with van der Waals surface area (Å²) >= 11 is 4.21. The first kappa shape index (κ1) is 9.83. The minimum Gasteiger partial charge on any atom is -0.369 e. The smallest absolute Gasteiger partial charge is 0.231 e. The molecule has 1 heterocycles. The molecule has 1 aliphatic rings. The van der Waals surface area contributed by atoms with Gasteiger partial charge < -0.3 is 11.1 Å². The Morgan fingerprint density at radius 1 is 1.75 bits per heavy atom. The van der Waals surface area contributed by atoms with E-state index < -0.39 is 0 Å². The van der Waals surface area contributed by atoms with E-state index in [9.17, 15) is 4.79 Å². The highest BCUT2D eigenvalue weighted by Crippen LogP contribution is 2.03. The summed E-state index contributed by atoms with van der Waals surface area (Å²) in [5, 5.41) is 3.25. The number of hydrogen-bond acceptors (Lipinski definition) is 4. The third kappa shape index (κ3) is 2.66. The molecule has 3 N–H and O–H groups in total. The SMILES string of the molecule is NC(=O)CN1CCNCC1CS. The molecule has 0 aromatic heterocycles. The Labute approximate surface area is 77.9 Å². The number of nitrogens with two attached hydrogens (primary N) is 1. The van der Waals surface area contributed by atoms with E-state index in [0.717, 1.165) is 25.4 Å². The van der Waals surface area contributed by atoms with Crippen molar-refractivity contribution in [2.24, 2.45) is 5.73 Å². The number of primary amides is 1. The topological polar surface area (TPSA) is 58.4 Å². The number of nitrogens with one attached hydrogen (secondary N) is 1. The molecule has 5 heteroatoms. The van der Waals surface area contributed by atoms with Gasteiger partial charge in [-0.15, -0.1) is 0 Å². The van der Waals surface area contributed by atoms with Crippen molar-refractivity contribution in [3.05, 3.63) is 0 Å². The van der Waals surface area contributed by atoms with Crippen molar-refractivity contribution >= 4 is 18.5 Å². The number of carbonyl (C=O) groups excluding carboxylic acids is 1. The molecule has 0 saturated carbocycles. The first-order valence-corrected chi connectivity index (χ1v) is 4.71. The molecule has 1 saturated heterocycles. The number of amides is 1. The first-order valence-electron chi connectivity index (χ1n) is 4.08. The molecular weight excluding hydrogens is 174 g/mol. The zero-order valence-corrected chi connectivity index (χ0v) is 7.89. The van der Waals surface area contributed by atoms with Gasteiger partial charge in [0.1, 0.15) is 0 Å².